The van der Waals surface area contributed by atoms with E-state index in [1.165, 1.54) is 0 Å². The lowest BCUT2D eigenvalue weighted by Gasteiger charge is -2.39. The van der Waals surface area contributed by atoms with Gasteiger partial charge in [0.2, 0.25) is 0 Å². The van der Waals surface area contributed by atoms with Crippen LogP contribution in [0.2, 0.25) is 0 Å². The largest absolute Gasteiger partial charge is 0.462 e. The number of esters is 2. The molecular weight excluding hydrogens is 312 g/mol. The minimum absolute atomic E-state index is 0.195. The zero-order chi connectivity index (χ0) is 16.9. The number of hydrogen-bond acceptors (Lipinski definition) is 6. The topological polar surface area (TPSA) is 77.7 Å². The summed E-state index contributed by atoms with van der Waals surface area (Å²) < 4.78 is 22.3. The van der Waals surface area contributed by atoms with Crippen molar-refractivity contribution in [3.8, 4) is 0 Å². The Hall–Kier alpha value is -1.14. The molecule has 0 aromatic carbocycles. The van der Waals surface area contributed by atoms with Crippen molar-refractivity contribution in [2.45, 2.75) is 50.7 Å². The maximum Gasteiger partial charge on any atom is 0.309 e. The fourth-order valence-corrected chi connectivity index (χ4v) is 4.61. The van der Waals surface area contributed by atoms with Crippen molar-refractivity contribution < 1.29 is 28.5 Å². The first-order valence-corrected chi connectivity index (χ1v) is 9.15. The van der Waals surface area contributed by atoms with Gasteiger partial charge in [0.25, 0.3) is 0 Å². The predicted molar refractivity (Wildman–Crippen MR) is 83.1 cm³/mol. The second-order valence-corrected chi connectivity index (χ2v) is 7.80. The molecule has 134 valence electrons. The molecule has 4 fully saturated rings. The molecule has 3 saturated heterocycles. The van der Waals surface area contributed by atoms with Crippen LogP contribution in [-0.4, -0.2) is 49.6 Å². The Labute approximate surface area is 142 Å². The van der Waals surface area contributed by atoms with Gasteiger partial charge < -0.3 is 18.9 Å². The van der Waals surface area contributed by atoms with Crippen LogP contribution in [0.5, 0.6) is 0 Å². The zero-order valence-electron chi connectivity index (χ0n) is 14.4. The van der Waals surface area contributed by atoms with Crippen LogP contribution in [-0.2, 0) is 28.5 Å². The Kier molecular flexibility index (Phi) is 3.88. The Morgan fingerprint density at radius 2 is 1.17 bits per heavy atom. The zero-order valence-corrected chi connectivity index (χ0v) is 14.4. The summed E-state index contributed by atoms with van der Waals surface area (Å²) in [5.74, 6) is -0.423. The minimum atomic E-state index is -0.611. The Balaban J connectivity index is 1.57. The molecule has 0 aromatic heterocycles. The monoisotopic (exact) mass is 338 g/mol. The number of rotatable bonds is 2. The molecule has 4 aliphatic rings. The van der Waals surface area contributed by atoms with E-state index >= 15 is 0 Å². The highest BCUT2D eigenvalue weighted by Crippen LogP contribution is 2.51. The van der Waals surface area contributed by atoms with Gasteiger partial charge in [0.15, 0.2) is 11.2 Å². The van der Waals surface area contributed by atoms with Gasteiger partial charge in [-0.2, -0.15) is 0 Å². The standard InChI is InChI=1S/C18H26O6/c1-3-11-5-13-14(6-12(11)4-2)16(20)22-8-18(10-24-18)17(9-23-17)7-21-15(13)19/h11-14H,3-10H2,1-2H3. The summed E-state index contributed by atoms with van der Waals surface area (Å²) in [6.07, 6.45) is 3.47. The van der Waals surface area contributed by atoms with Crippen molar-refractivity contribution in [2.75, 3.05) is 26.4 Å². The van der Waals surface area contributed by atoms with Gasteiger partial charge in [0.1, 0.15) is 13.2 Å². The molecule has 0 aromatic rings. The molecule has 6 atom stereocenters. The van der Waals surface area contributed by atoms with Gasteiger partial charge in [-0.15, -0.1) is 0 Å². The van der Waals surface area contributed by atoms with E-state index in [1.54, 1.807) is 0 Å². The number of epoxide rings is 2. The summed E-state index contributed by atoms with van der Waals surface area (Å²) in [5, 5.41) is 0. The van der Waals surface area contributed by atoms with Crippen molar-refractivity contribution in [1.29, 1.82) is 0 Å². The summed E-state index contributed by atoms with van der Waals surface area (Å²) >= 11 is 0. The molecule has 0 amide bonds. The smallest absolute Gasteiger partial charge is 0.309 e. The molecule has 0 N–H and O–H groups in total. The average Bonchev–Trinajstić information content (AvgIpc) is 3.50. The quantitative estimate of drug-likeness (QED) is 0.563. The number of cyclic esters (lactones) is 2. The van der Waals surface area contributed by atoms with E-state index in [1.807, 2.05) is 0 Å². The number of fused-ring (bicyclic) bond motifs is 2. The summed E-state index contributed by atoms with van der Waals surface area (Å²) in [7, 11) is 0. The van der Waals surface area contributed by atoms with E-state index in [-0.39, 0.29) is 25.2 Å². The molecule has 4 rings (SSSR count). The highest BCUT2D eigenvalue weighted by atomic mass is 16.7. The van der Waals surface area contributed by atoms with Crippen LogP contribution < -0.4 is 0 Å². The molecule has 6 nitrogen and oxygen atoms in total. The lowest BCUT2D eigenvalue weighted by atomic mass is 9.66. The summed E-state index contributed by atoms with van der Waals surface area (Å²) in [4.78, 5) is 25.4. The van der Waals surface area contributed by atoms with Crippen LogP contribution in [0.1, 0.15) is 39.5 Å². The Morgan fingerprint density at radius 1 is 0.792 bits per heavy atom. The van der Waals surface area contributed by atoms with E-state index in [0.717, 1.165) is 12.8 Å². The molecule has 6 heteroatoms. The van der Waals surface area contributed by atoms with E-state index < -0.39 is 23.0 Å². The third kappa shape index (κ3) is 2.46. The number of hydrogen-bond donors (Lipinski definition) is 0. The van der Waals surface area contributed by atoms with Gasteiger partial charge in [0.05, 0.1) is 25.0 Å². The van der Waals surface area contributed by atoms with Crippen molar-refractivity contribution in [3.05, 3.63) is 0 Å². The molecule has 1 aliphatic carbocycles. The molecule has 0 radical (unpaired) electrons. The summed E-state index contributed by atoms with van der Waals surface area (Å²) in [6.45, 7) is 5.67. The van der Waals surface area contributed by atoms with Crippen LogP contribution in [0.3, 0.4) is 0 Å². The van der Waals surface area contributed by atoms with Gasteiger partial charge in [-0.05, 0) is 24.7 Å². The Bertz CT molecular complexity index is 488. The average molecular weight is 338 g/mol. The first kappa shape index (κ1) is 16.3. The summed E-state index contributed by atoms with van der Waals surface area (Å²) in [6, 6.07) is 0. The molecule has 24 heavy (non-hydrogen) atoms. The maximum absolute atomic E-state index is 12.7. The van der Waals surface area contributed by atoms with Crippen molar-refractivity contribution in [2.24, 2.45) is 23.7 Å². The first-order chi connectivity index (χ1) is 11.5. The van der Waals surface area contributed by atoms with Crippen LogP contribution in [0.4, 0.5) is 0 Å². The van der Waals surface area contributed by atoms with Crippen molar-refractivity contribution >= 4 is 11.9 Å². The third-order valence-corrected chi connectivity index (χ3v) is 6.63. The second kappa shape index (κ2) is 5.70. The van der Waals surface area contributed by atoms with Gasteiger partial charge in [0, 0.05) is 0 Å². The predicted octanol–water partition coefficient (Wildman–Crippen LogP) is 1.70. The second-order valence-electron chi connectivity index (χ2n) is 7.80. The molecule has 0 bridgehead atoms. The van der Waals surface area contributed by atoms with Gasteiger partial charge in [-0.1, -0.05) is 26.7 Å². The molecule has 6 unspecified atom stereocenters. The first-order valence-electron chi connectivity index (χ1n) is 9.15. The number of ether oxygens (including phenoxy) is 4. The summed E-state index contributed by atoms with van der Waals surface area (Å²) in [5.41, 5.74) is -1.22. The van der Waals surface area contributed by atoms with E-state index in [0.29, 0.717) is 37.9 Å². The highest BCUT2D eigenvalue weighted by Gasteiger charge is 2.72. The minimum Gasteiger partial charge on any atom is -0.462 e. The SMILES string of the molecule is CCC1CC2C(=O)OCC3(CO3)C3(COC(=O)C2CC1CC)CO3. The van der Waals surface area contributed by atoms with Gasteiger partial charge in [-0.25, -0.2) is 0 Å². The van der Waals surface area contributed by atoms with Crippen LogP contribution >= 0.6 is 0 Å². The van der Waals surface area contributed by atoms with Gasteiger partial charge >= 0.3 is 11.9 Å². The lowest BCUT2D eigenvalue weighted by Crippen LogP contribution is -2.48. The van der Waals surface area contributed by atoms with Crippen LogP contribution in [0.25, 0.3) is 0 Å². The van der Waals surface area contributed by atoms with E-state index in [2.05, 4.69) is 13.8 Å². The maximum atomic E-state index is 12.7. The normalized spacial score (nSPS) is 47.8. The van der Waals surface area contributed by atoms with Crippen molar-refractivity contribution in [3.63, 3.8) is 0 Å². The molecular formula is C18H26O6. The number of carbonyl (C=O) groups is 2. The fourth-order valence-electron chi connectivity index (χ4n) is 4.61. The molecule has 3 aliphatic heterocycles. The number of carbonyl (C=O) groups excluding carboxylic acids is 2. The third-order valence-electron chi connectivity index (χ3n) is 6.63. The molecule has 2 spiro atoms. The lowest BCUT2D eigenvalue weighted by molar-refractivity contribution is -0.172. The van der Waals surface area contributed by atoms with E-state index in [9.17, 15) is 9.59 Å². The van der Waals surface area contributed by atoms with Crippen molar-refractivity contribution in [1.82, 2.24) is 0 Å². The highest BCUT2D eigenvalue weighted by molar-refractivity contribution is 5.82. The molecule has 1 saturated carbocycles. The van der Waals surface area contributed by atoms with Gasteiger partial charge in [-0.3, -0.25) is 9.59 Å². The molecule has 3 heterocycles. The van der Waals surface area contributed by atoms with Crippen LogP contribution in [0.15, 0.2) is 0 Å². The Morgan fingerprint density at radius 3 is 1.46 bits per heavy atom. The van der Waals surface area contributed by atoms with E-state index in [4.69, 9.17) is 18.9 Å². The van der Waals surface area contributed by atoms with Crippen LogP contribution in [0, 0.1) is 23.7 Å². The fraction of sp³-hybridized carbons (Fsp3) is 0.889.